The minimum Gasteiger partial charge on any atom is -0.508 e. The van der Waals surface area contributed by atoms with Gasteiger partial charge in [0.15, 0.2) is 0 Å². The van der Waals surface area contributed by atoms with Gasteiger partial charge in [0, 0.05) is 17.6 Å². The first-order chi connectivity index (χ1) is 8.85. The number of rotatable bonds is 6. The summed E-state index contributed by atoms with van der Waals surface area (Å²) in [5.74, 6) is 0.221. The van der Waals surface area contributed by atoms with Crippen molar-refractivity contribution in [2.24, 2.45) is 0 Å². The van der Waals surface area contributed by atoms with E-state index in [1.165, 1.54) is 0 Å². The van der Waals surface area contributed by atoms with Crippen molar-refractivity contribution < 1.29 is 9.90 Å². The molecule has 1 rings (SSSR count). The Labute approximate surface area is 115 Å². The van der Waals surface area contributed by atoms with E-state index < -0.39 is 0 Å². The Morgan fingerprint density at radius 3 is 2.58 bits per heavy atom. The number of phenols is 1. The number of para-hydroxylation sites is 1. The quantitative estimate of drug-likeness (QED) is 0.738. The zero-order chi connectivity index (χ0) is 14.5. The largest absolute Gasteiger partial charge is 0.508 e. The van der Waals surface area contributed by atoms with Gasteiger partial charge in [-0.25, -0.2) is 0 Å². The van der Waals surface area contributed by atoms with Crippen LogP contribution in [0.2, 0.25) is 0 Å². The first-order valence-electron chi connectivity index (χ1n) is 6.68. The van der Waals surface area contributed by atoms with E-state index in [0.717, 1.165) is 12.0 Å². The van der Waals surface area contributed by atoms with Crippen molar-refractivity contribution in [2.45, 2.75) is 52.2 Å². The maximum absolute atomic E-state index is 12.0. The van der Waals surface area contributed by atoms with Gasteiger partial charge in [-0.05, 0) is 33.3 Å². The van der Waals surface area contributed by atoms with Crippen LogP contribution in [0.4, 0.5) is 0 Å². The molecule has 0 aliphatic carbocycles. The van der Waals surface area contributed by atoms with E-state index in [0.29, 0.717) is 6.54 Å². The third-order valence-corrected chi connectivity index (χ3v) is 3.33. The summed E-state index contributed by atoms with van der Waals surface area (Å²) in [7, 11) is 0. The Morgan fingerprint density at radius 2 is 2.00 bits per heavy atom. The van der Waals surface area contributed by atoms with Crippen molar-refractivity contribution in [3.63, 3.8) is 0 Å². The average molecular weight is 264 g/mol. The van der Waals surface area contributed by atoms with Crippen LogP contribution in [0.1, 0.15) is 39.7 Å². The van der Waals surface area contributed by atoms with Crippen molar-refractivity contribution in [3.05, 3.63) is 29.8 Å². The minimum absolute atomic E-state index is 0.0257. The van der Waals surface area contributed by atoms with Crippen LogP contribution in [0.3, 0.4) is 0 Å². The Balaban J connectivity index is 2.50. The molecule has 0 saturated heterocycles. The monoisotopic (exact) mass is 264 g/mol. The zero-order valence-electron chi connectivity index (χ0n) is 12.2. The number of carbonyl (C=O) groups is 1. The molecule has 0 aromatic heterocycles. The highest BCUT2D eigenvalue weighted by Gasteiger charge is 2.21. The van der Waals surface area contributed by atoms with E-state index in [4.69, 9.17) is 0 Å². The summed E-state index contributed by atoms with van der Waals surface area (Å²) in [5, 5.41) is 15.8. The predicted octanol–water partition coefficient (Wildman–Crippen LogP) is 2.18. The Hall–Kier alpha value is -1.55. The smallest absolute Gasteiger partial charge is 0.237 e. The number of hydrogen-bond acceptors (Lipinski definition) is 3. The Kier molecular flexibility index (Phi) is 5.36. The molecule has 1 aromatic carbocycles. The molecule has 1 unspecified atom stereocenters. The maximum atomic E-state index is 12.0. The molecule has 0 saturated carbocycles. The van der Waals surface area contributed by atoms with Crippen molar-refractivity contribution >= 4 is 5.91 Å². The number of nitrogens with one attached hydrogen (secondary N) is 2. The standard InChI is InChI=1S/C15H24N2O2/c1-5-15(3,4)17-14(19)11(2)16-10-12-8-6-7-9-13(12)18/h6-9,11,16,18H,5,10H2,1-4H3,(H,17,19). The molecule has 0 fully saturated rings. The molecule has 1 aromatic rings. The van der Waals surface area contributed by atoms with Crippen LogP contribution in [0.25, 0.3) is 0 Å². The number of hydrogen-bond donors (Lipinski definition) is 3. The fraction of sp³-hybridized carbons (Fsp3) is 0.533. The number of carbonyl (C=O) groups excluding carboxylic acids is 1. The molecule has 0 aliphatic rings. The van der Waals surface area contributed by atoms with Crippen molar-refractivity contribution in [1.82, 2.24) is 10.6 Å². The fourth-order valence-electron chi connectivity index (χ4n) is 1.55. The molecule has 0 radical (unpaired) electrons. The first kappa shape index (κ1) is 15.5. The van der Waals surface area contributed by atoms with Crippen molar-refractivity contribution in [1.29, 1.82) is 0 Å². The van der Waals surface area contributed by atoms with Gasteiger partial charge in [0.25, 0.3) is 0 Å². The summed E-state index contributed by atoms with van der Waals surface area (Å²) < 4.78 is 0. The van der Waals surface area contributed by atoms with E-state index in [1.54, 1.807) is 12.1 Å². The van der Waals surface area contributed by atoms with E-state index >= 15 is 0 Å². The van der Waals surface area contributed by atoms with Crippen molar-refractivity contribution in [2.75, 3.05) is 0 Å². The van der Waals surface area contributed by atoms with Crippen LogP contribution in [0, 0.1) is 0 Å². The molecule has 106 valence electrons. The van der Waals surface area contributed by atoms with Crippen LogP contribution in [-0.2, 0) is 11.3 Å². The second-order valence-corrected chi connectivity index (χ2v) is 5.46. The molecule has 4 heteroatoms. The van der Waals surface area contributed by atoms with Crippen LogP contribution in [0.5, 0.6) is 5.75 Å². The summed E-state index contributed by atoms with van der Waals surface area (Å²) in [4.78, 5) is 12.0. The maximum Gasteiger partial charge on any atom is 0.237 e. The van der Waals surface area contributed by atoms with Gasteiger partial charge in [0.05, 0.1) is 6.04 Å². The number of benzene rings is 1. The van der Waals surface area contributed by atoms with E-state index in [-0.39, 0.29) is 23.2 Å². The first-order valence-corrected chi connectivity index (χ1v) is 6.68. The van der Waals surface area contributed by atoms with Gasteiger partial charge in [-0.3, -0.25) is 4.79 Å². The van der Waals surface area contributed by atoms with Crippen LogP contribution in [0.15, 0.2) is 24.3 Å². The summed E-state index contributed by atoms with van der Waals surface area (Å²) in [6, 6.07) is 6.82. The molecule has 19 heavy (non-hydrogen) atoms. The molecule has 0 spiro atoms. The van der Waals surface area contributed by atoms with Gasteiger partial charge in [-0.15, -0.1) is 0 Å². The SMILES string of the molecule is CCC(C)(C)NC(=O)C(C)NCc1ccccc1O. The number of phenolic OH excluding ortho intramolecular Hbond substituents is 1. The molecule has 3 N–H and O–H groups in total. The van der Waals surface area contributed by atoms with Crippen LogP contribution in [-0.4, -0.2) is 22.6 Å². The lowest BCUT2D eigenvalue weighted by molar-refractivity contribution is -0.124. The second kappa shape index (κ2) is 6.57. The molecule has 4 nitrogen and oxygen atoms in total. The highest BCUT2D eigenvalue weighted by Crippen LogP contribution is 2.15. The van der Waals surface area contributed by atoms with Gasteiger partial charge in [-0.2, -0.15) is 0 Å². The average Bonchev–Trinajstić information content (AvgIpc) is 2.37. The van der Waals surface area contributed by atoms with Crippen molar-refractivity contribution in [3.8, 4) is 5.75 Å². The molecule has 1 amide bonds. The van der Waals surface area contributed by atoms with Crippen LogP contribution >= 0.6 is 0 Å². The zero-order valence-corrected chi connectivity index (χ0v) is 12.2. The summed E-state index contributed by atoms with van der Waals surface area (Å²) in [6.07, 6.45) is 0.880. The van der Waals surface area contributed by atoms with E-state index in [2.05, 4.69) is 10.6 Å². The lowest BCUT2D eigenvalue weighted by atomic mass is 10.0. The number of amides is 1. The molecular formula is C15H24N2O2. The highest BCUT2D eigenvalue weighted by atomic mass is 16.3. The Bertz CT molecular complexity index is 430. The normalized spacial score (nSPS) is 13.1. The van der Waals surface area contributed by atoms with E-state index in [9.17, 15) is 9.90 Å². The highest BCUT2D eigenvalue weighted by molar-refractivity contribution is 5.81. The third kappa shape index (κ3) is 4.91. The topological polar surface area (TPSA) is 61.4 Å². The number of aromatic hydroxyl groups is 1. The van der Waals surface area contributed by atoms with Gasteiger partial charge in [0.2, 0.25) is 5.91 Å². The predicted molar refractivity (Wildman–Crippen MR) is 76.9 cm³/mol. The summed E-state index contributed by atoms with van der Waals surface area (Å²) in [5.41, 5.74) is 0.596. The lowest BCUT2D eigenvalue weighted by Gasteiger charge is -2.26. The minimum atomic E-state index is -0.301. The molecular weight excluding hydrogens is 240 g/mol. The van der Waals surface area contributed by atoms with Gasteiger partial charge in [0.1, 0.15) is 5.75 Å². The molecule has 1 atom stereocenters. The molecule has 0 aliphatic heterocycles. The van der Waals surface area contributed by atoms with Gasteiger partial charge in [-0.1, -0.05) is 25.1 Å². The fourth-order valence-corrected chi connectivity index (χ4v) is 1.55. The van der Waals surface area contributed by atoms with Crippen LogP contribution < -0.4 is 10.6 Å². The van der Waals surface area contributed by atoms with Gasteiger partial charge >= 0.3 is 0 Å². The third-order valence-electron chi connectivity index (χ3n) is 3.33. The summed E-state index contributed by atoms with van der Waals surface area (Å²) in [6.45, 7) is 8.33. The second-order valence-electron chi connectivity index (χ2n) is 5.46. The van der Waals surface area contributed by atoms with Gasteiger partial charge < -0.3 is 15.7 Å². The Morgan fingerprint density at radius 1 is 1.37 bits per heavy atom. The summed E-state index contributed by atoms with van der Waals surface area (Å²) >= 11 is 0. The molecule has 0 bridgehead atoms. The van der Waals surface area contributed by atoms with E-state index in [1.807, 2.05) is 39.8 Å². The molecule has 0 heterocycles. The lowest BCUT2D eigenvalue weighted by Crippen LogP contribution is -2.50.